The number of amides is 1. The number of hydrogen-bond acceptors (Lipinski definition) is 7. The number of rotatable bonds is 14. The lowest BCUT2D eigenvalue weighted by Crippen LogP contribution is -2.37. The van der Waals surface area contributed by atoms with Crippen LogP contribution in [-0.4, -0.2) is 35.6 Å². The summed E-state index contributed by atoms with van der Waals surface area (Å²) < 4.78 is 22.4. The monoisotopic (exact) mass is 419 g/mol. The van der Waals surface area contributed by atoms with Gasteiger partial charge in [0.1, 0.15) is 19.3 Å². The molecule has 1 N–H and O–H groups in total. The van der Waals surface area contributed by atoms with E-state index < -0.39 is 12.1 Å². The molecular weight excluding hydrogens is 386 g/mol. The number of carbonyl (C=O) groups excluding carboxylic acids is 1. The molecule has 0 saturated heterocycles. The number of carbonyl (C=O) groups is 1. The van der Waals surface area contributed by atoms with E-state index in [1.54, 1.807) is 0 Å². The number of alkyl carbamates (subject to hydrolysis) is 1. The molecule has 0 aliphatic carbocycles. The molecule has 8 heteroatoms. The highest BCUT2D eigenvalue weighted by Gasteiger charge is 2.28. The first kappa shape index (κ1) is 23.8. The lowest BCUT2D eigenvalue weighted by molar-refractivity contribution is 0.0263. The normalized spacial score (nSPS) is 13.0. The molecule has 0 radical (unpaired) electrons. The van der Waals surface area contributed by atoms with Gasteiger partial charge in [0, 0.05) is 13.2 Å². The van der Waals surface area contributed by atoms with Crippen LogP contribution < -0.4 is 5.32 Å². The Labute approximate surface area is 178 Å². The van der Waals surface area contributed by atoms with Crippen LogP contribution in [0.3, 0.4) is 0 Å². The van der Waals surface area contributed by atoms with Crippen molar-refractivity contribution in [2.24, 2.45) is 0 Å². The lowest BCUT2D eigenvalue weighted by Gasteiger charge is -2.22. The van der Waals surface area contributed by atoms with Crippen LogP contribution in [-0.2, 0) is 27.4 Å². The molecule has 1 amide bonds. The molecule has 30 heavy (non-hydrogen) atoms. The van der Waals surface area contributed by atoms with E-state index in [1.807, 2.05) is 37.3 Å². The molecule has 2 rings (SSSR count). The summed E-state index contributed by atoms with van der Waals surface area (Å²) in [5.74, 6) is 0.635. The van der Waals surface area contributed by atoms with Crippen molar-refractivity contribution in [3.8, 4) is 0 Å². The van der Waals surface area contributed by atoms with Crippen molar-refractivity contribution >= 4 is 6.09 Å². The number of benzene rings is 1. The first-order valence-electron chi connectivity index (χ1n) is 10.6. The Morgan fingerprint density at radius 2 is 1.80 bits per heavy atom. The van der Waals surface area contributed by atoms with Crippen molar-refractivity contribution in [1.82, 2.24) is 15.5 Å². The van der Waals surface area contributed by atoms with E-state index in [4.69, 9.17) is 18.6 Å². The molecule has 0 saturated carbocycles. The van der Waals surface area contributed by atoms with Gasteiger partial charge in [0.25, 0.3) is 0 Å². The van der Waals surface area contributed by atoms with Crippen LogP contribution in [0.5, 0.6) is 0 Å². The van der Waals surface area contributed by atoms with Crippen LogP contribution in [0, 0.1) is 0 Å². The molecule has 1 heterocycles. The lowest BCUT2D eigenvalue weighted by atomic mass is 10.2. The Hall–Kier alpha value is -2.45. The quantitative estimate of drug-likeness (QED) is 0.448. The van der Waals surface area contributed by atoms with Crippen LogP contribution in [0.25, 0.3) is 0 Å². The van der Waals surface area contributed by atoms with Gasteiger partial charge in [0.05, 0.1) is 6.10 Å². The predicted molar refractivity (Wildman–Crippen MR) is 112 cm³/mol. The largest absolute Gasteiger partial charge is 0.445 e. The standard InChI is InChI=1S/C22H33N3O5/c1-4-6-13-27-16-19-24-25-21(30-19)20(17(3)28-14-7-5-2)23-22(26)29-15-18-11-9-8-10-12-18/h8-12,17,20H,4-7,13-16H2,1-3H3,(H,23,26)/t17?,20-/m0/s1. The fourth-order valence-corrected chi connectivity index (χ4v) is 2.64. The molecule has 1 aromatic heterocycles. The Kier molecular flexibility index (Phi) is 10.9. The summed E-state index contributed by atoms with van der Waals surface area (Å²) >= 11 is 0. The molecule has 0 aliphatic rings. The highest BCUT2D eigenvalue weighted by Crippen LogP contribution is 2.19. The molecule has 8 nitrogen and oxygen atoms in total. The third kappa shape index (κ3) is 8.51. The van der Waals surface area contributed by atoms with Crippen LogP contribution in [0.1, 0.15) is 69.8 Å². The van der Waals surface area contributed by atoms with Gasteiger partial charge in [-0.2, -0.15) is 0 Å². The van der Waals surface area contributed by atoms with Gasteiger partial charge in [-0.15, -0.1) is 10.2 Å². The van der Waals surface area contributed by atoms with E-state index in [0.29, 0.717) is 19.1 Å². The summed E-state index contributed by atoms with van der Waals surface area (Å²) in [6.45, 7) is 7.68. The van der Waals surface area contributed by atoms with Crippen molar-refractivity contribution in [3.05, 3.63) is 47.7 Å². The highest BCUT2D eigenvalue weighted by molar-refractivity contribution is 5.67. The van der Waals surface area contributed by atoms with E-state index in [0.717, 1.165) is 31.2 Å². The first-order valence-corrected chi connectivity index (χ1v) is 10.6. The highest BCUT2D eigenvalue weighted by atomic mass is 16.5. The minimum absolute atomic E-state index is 0.171. The molecule has 2 aromatic rings. The van der Waals surface area contributed by atoms with Crippen LogP contribution in [0.4, 0.5) is 4.79 Å². The van der Waals surface area contributed by atoms with Crippen LogP contribution in [0.2, 0.25) is 0 Å². The van der Waals surface area contributed by atoms with E-state index in [1.165, 1.54) is 0 Å². The Bertz CT molecular complexity index is 723. The zero-order valence-electron chi connectivity index (χ0n) is 18.1. The summed E-state index contributed by atoms with van der Waals surface area (Å²) in [5.41, 5.74) is 0.903. The van der Waals surface area contributed by atoms with Crippen LogP contribution >= 0.6 is 0 Å². The number of nitrogens with zero attached hydrogens (tertiary/aromatic N) is 2. The Balaban J connectivity index is 1.97. The van der Waals surface area contributed by atoms with E-state index in [-0.39, 0.29) is 25.2 Å². The molecule has 0 aliphatic heterocycles. The van der Waals surface area contributed by atoms with E-state index in [9.17, 15) is 4.79 Å². The van der Waals surface area contributed by atoms with Gasteiger partial charge in [-0.05, 0) is 25.3 Å². The zero-order chi connectivity index (χ0) is 21.6. The molecule has 166 valence electrons. The summed E-state index contributed by atoms with van der Waals surface area (Å²) in [4.78, 5) is 12.4. The zero-order valence-corrected chi connectivity index (χ0v) is 18.1. The third-order valence-corrected chi connectivity index (χ3v) is 4.45. The molecular formula is C22H33N3O5. The average molecular weight is 420 g/mol. The van der Waals surface area contributed by atoms with Crippen molar-refractivity contribution in [1.29, 1.82) is 0 Å². The van der Waals surface area contributed by atoms with Crippen molar-refractivity contribution < 1.29 is 23.4 Å². The van der Waals surface area contributed by atoms with Gasteiger partial charge in [0.15, 0.2) is 0 Å². The maximum absolute atomic E-state index is 12.4. The maximum Gasteiger partial charge on any atom is 0.408 e. The van der Waals surface area contributed by atoms with E-state index in [2.05, 4.69) is 29.4 Å². The van der Waals surface area contributed by atoms with E-state index >= 15 is 0 Å². The number of aromatic nitrogens is 2. The SMILES string of the molecule is CCCCOCc1nnc([C@@H](NC(=O)OCc2ccccc2)C(C)OCCCC)o1. The first-order chi connectivity index (χ1) is 14.6. The van der Waals surface area contributed by atoms with Gasteiger partial charge in [-0.3, -0.25) is 0 Å². The minimum Gasteiger partial charge on any atom is -0.445 e. The second-order valence-electron chi connectivity index (χ2n) is 7.05. The van der Waals surface area contributed by atoms with Crippen molar-refractivity contribution in [2.45, 2.75) is 71.8 Å². The summed E-state index contributed by atoms with van der Waals surface area (Å²) in [6.07, 6.45) is 3.03. The summed E-state index contributed by atoms with van der Waals surface area (Å²) in [6, 6.07) is 8.86. The molecule has 2 atom stereocenters. The predicted octanol–water partition coefficient (Wildman–Crippen LogP) is 4.56. The van der Waals surface area contributed by atoms with Gasteiger partial charge in [-0.1, -0.05) is 57.0 Å². The van der Waals surface area contributed by atoms with Crippen molar-refractivity contribution in [2.75, 3.05) is 13.2 Å². The number of nitrogens with one attached hydrogen (secondary N) is 1. The van der Waals surface area contributed by atoms with Crippen LogP contribution in [0.15, 0.2) is 34.7 Å². The number of ether oxygens (including phenoxy) is 3. The maximum atomic E-state index is 12.4. The summed E-state index contributed by atoms with van der Waals surface area (Å²) in [5, 5.41) is 10.9. The fraction of sp³-hybridized carbons (Fsp3) is 0.591. The number of hydrogen-bond donors (Lipinski definition) is 1. The van der Waals surface area contributed by atoms with Gasteiger partial charge >= 0.3 is 6.09 Å². The van der Waals surface area contributed by atoms with Gasteiger partial charge in [0.2, 0.25) is 11.8 Å². The summed E-state index contributed by atoms with van der Waals surface area (Å²) in [7, 11) is 0. The van der Waals surface area contributed by atoms with Gasteiger partial charge < -0.3 is 23.9 Å². The topological polar surface area (TPSA) is 95.7 Å². The van der Waals surface area contributed by atoms with Crippen molar-refractivity contribution in [3.63, 3.8) is 0 Å². The molecule has 0 spiro atoms. The molecule has 0 bridgehead atoms. The van der Waals surface area contributed by atoms with Gasteiger partial charge in [-0.25, -0.2) is 4.79 Å². The molecule has 1 unspecified atom stereocenters. The number of unbranched alkanes of at least 4 members (excludes halogenated alkanes) is 2. The third-order valence-electron chi connectivity index (χ3n) is 4.45. The second kappa shape index (κ2) is 13.7. The fourth-order valence-electron chi connectivity index (χ4n) is 2.64. The Morgan fingerprint density at radius 1 is 1.07 bits per heavy atom. The smallest absolute Gasteiger partial charge is 0.408 e. The Morgan fingerprint density at radius 3 is 2.53 bits per heavy atom. The second-order valence-corrected chi connectivity index (χ2v) is 7.05. The average Bonchev–Trinajstić information content (AvgIpc) is 3.23. The minimum atomic E-state index is -0.623. The molecule has 1 aromatic carbocycles. The molecule has 0 fully saturated rings.